The Bertz CT molecular complexity index is 660. The van der Waals surface area contributed by atoms with Gasteiger partial charge in [-0.2, -0.15) is 0 Å². The second-order valence-electron chi connectivity index (χ2n) is 4.70. The molecule has 0 spiro atoms. The van der Waals surface area contributed by atoms with E-state index in [0.29, 0.717) is 6.54 Å². The van der Waals surface area contributed by atoms with Crippen molar-refractivity contribution in [2.45, 2.75) is 31.5 Å². The second kappa shape index (κ2) is 6.09. The molecule has 0 atom stereocenters. The summed E-state index contributed by atoms with van der Waals surface area (Å²) in [6.45, 7) is 3.83. The molecule has 0 bridgehead atoms. The highest BCUT2D eigenvalue weighted by atomic mass is 32.2. The molecule has 0 amide bonds. The number of hydrogen-bond donors (Lipinski definition) is 1. The smallest absolute Gasteiger partial charge is 0.192 e. The minimum Gasteiger partial charge on any atom is -0.378 e. The quantitative estimate of drug-likeness (QED) is 0.887. The van der Waals surface area contributed by atoms with Gasteiger partial charge in [0.15, 0.2) is 14.9 Å². The van der Waals surface area contributed by atoms with Crippen molar-refractivity contribution in [1.82, 2.24) is 9.55 Å². The monoisotopic (exact) mass is 293 g/mol. The van der Waals surface area contributed by atoms with Gasteiger partial charge < -0.3 is 9.88 Å². The van der Waals surface area contributed by atoms with E-state index in [4.69, 9.17) is 0 Å². The molecule has 0 aromatic carbocycles. The van der Waals surface area contributed by atoms with Crippen LogP contribution in [0, 0.1) is 0 Å². The van der Waals surface area contributed by atoms with E-state index in [1.807, 2.05) is 6.07 Å². The van der Waals surface area contributed by atoms with E-state index in [0.717, 1.165) is 24.9 Å². The van der Waals surface area contributed by atoms with E-state index in [1.165, 1.54) is 11.8 Å². The highest BCUT2D eigenvalue weighted by Crippen LogP contribution is 2.12. The fourth-order valence-electron chi connectivity index (χ4n) is 1.97. The SMILES string of the molecule is CCCn1cccc1CNc1ccc(S(C)(=O)=O)nc1. The third-order valence-corrected chi connectivity index (χ3v) is 3.98. The molecule has 2 heterocycles. The molecule has 2 aromatic rings. The topological polar surface area (TPSA) is 64.0 Å². The summed E-state index contributed by atoms with van der Waals surface area (Å²) < 4.78 is 24.8. The van der Waals surface area contributed by atoms with Crippen LogP contribution in [-0.4, -0.2) is 24.2 Å². The van der Waals surface area contributed by atoms with Gasteiger partial charge in [-0.25, -0.2) is 13.4 Å². The van der Waals surface area contributed by atoms with Crippen LogP contribution in [0.2, 0.25) is 0 Å². The number of rotatable bonds is 6. The highest BCUT2D eigenvalue weighted by molar-refractivity contribution is 7.90. The van der Waals surface area contributed by atoms with Gasteiger partial charge in [-0.3, -0.25) is 0 Å². The lowest BCUT2D eigenvalue weighted by Crippen LogP contribution is -2.07. The average Bonchev–Trinajstić information content (AvgIpc) is 2.84. The summed E-state index contributed by atoms with van der Waals surface area (Å²) in [4.78, 5) is 3.95. The number of nitrogens with zero attached hydrogens (tertiary/aromatic N) is 2. The average molecular weight is 293 g/mol. The van der Waals surface area contributed by atoms with E-state index in [1.54, 1.807) is 12.3 Å². The maximum atomic E-state index is 11.3. The van der Waals surface area contributed by atoms with Gasteiger partial charge in [0.05, 0.1) is 18.4 Å². The number of aromatic nitrogens is 2. The zero-order valence-corrected chi connectivity index (χ0v) is 12.5. The van der Waals surface area contributed by atoms with Crippen LogP contribution in [0.1, 0.15) is 19.0 Å². The lowest BCUT2D eigenvalue weighted by molar-refractivity contribution is 0.598. The summed E-state index contributed by atoms with van der Waals surface area (Å²) in [5.74, 6) is 0. The van der Waals surface area contributed by atoms with E-state index in [2.05, 4.69) is 34.1 Å². The predicted molar refractivity (Wildman–Crippen MR) is 79.4 cm³/mol. The van der Waals surface area contributed by atoms with Gasteiger partial charge in [0.1, 0.15) is 0 Å². The summed E-state index contributed by atoms with van der Waals surface area (Å²) in [5, 5.41) is 3.34. The van der Waals surface area contributed by atoms with Gasteiger partial charge >= 0.3 is 0 Å². The molecule has 5 nitrogen and oxygen atoms in total. The minimum atomic E-state index is -3.23. The number of nitrogens with one attached hydrogen (secondary N) is 1. The Morgan fingerprint density at radius 1 is 1.30 bits per heavy atom. The first kappa shape index (κ1) is 14.6. The van der Waals surface area contributed by atoms with Crippen molar-refractivity contribution < 1.29 is 8.42 Å². The van der Waals surface area contributed by atoms with Crippen molar-refractivity contribution in [3.05, 3.63) is 42.4 Å². The van der Waals surface area contributed by atoms with Crippen LogP contribution < -0.4 is 5.32 Å². The van der Waals surface area contributed by atoms with Gasteiger partial charge in [-0.05, 0) is 30.7 Å². The normalized spacial score (nSPS) is 11.5. The third-order valence-electron chi connectivity index (χ3n) is 2.98. The second-order valence-corrected chi connectivity index (χ2v) is 6.67. The Labute approximate surface area is 119 Å². The van der Waals surface area contributed by atoms with Crippen LogP contribution in [0.5, 0.6) is 0 Å². The van der Waals surface area contributed by atoms with Crippen molar-refractivity contribution in [3.8, 4) is 0 Å². The van der Waals surface area contributed by atoms with Crippen molar-refractivity contribution in [1.29, 1.82) is 0 Å². The van der Waals surface area contributed by atoms with E-state index in [-0.39, 0.29) is 5.03 Å². The van der Waals surface area contributed by atoms with Crippen LogP contribution >= 0.6 is 0 Å². The van der Waals surface area contributed by atoms with Crippen LogP contribution in [0.25, 0.3) is 0 Å². The maximum Gasteiger partial charge on any atom is 0.192 e. The number of sulfone groups is 1. The molecule has 0 aliphatic rings. The largest absolute Gasteiger partial charge is 0.378 e. The molecule has 0 radical (unpaired) electrons. The van der Waals surface area contributed by atoms with Gasteiger partial charge in [0.2, 0.25) is 0 Å². The standard InChI is InChI=1S/C14H19N3O2S/c1-3-8-17-9-4-5-13(17)11-15-12-6-7-14(16-10-12)20(2,18)19/h4-7,9-10,15H,3,8,11H2,1-2H3. The predicted octanol–water partition coefficient (Wildman–Crippen LogP) is 2.31. The maximum absolute atomic E-state index is 11.3. The van der Waals surface area contributed by atoms with Gasteiger partial charge in [0, 0.05) is 24.7 Å². The Morgan fingerprint density at radius 3 is 2.70 bits per heavy atom. The fourth-order valence-corrected chi connectivity index (χ4v) is 2.53. The number of pyridine rings is 1. The van der Waals surface area contributed by atoms with Gasteiger partial charge in [-0.1, -0.05) is 6.92 Å². The number of aryl methyl sites for hydroxylation is 1. The Balaban J connectivity index is 2.02. The highest BCUT2D eigenvalue weighted by Gasteiger charge is 2.08. The zero-order chi connectivity index (χ0) is 14.6. The summed E-state index contributed by atoms with van der Waals surface area (Å²) in [7, 11) is -3.23. The zero-order valence-electron chi connectivity index (χ0n) is 11.7. The fraction of sp³-hybridized carbons (Fsp3) is 0.357. The van der Waals surface area contributed by atoms with Crippen LogP contribution in [0.4, 0.5) is 5.69 Å². The molecule has 0 aliphatic heterocycles. The van der Waals surface area contributed by atoms with Crippen molar-refractivity contribution in [3.63, 3.8) is 0 Å². The van der Waals surface area contributed by atoms with Gasteiger partial charge in [-0.15, -0.1) is 0 Å². The Hall–Kier alpha value is -1.82. The lowest BCUT2D eigenvalue weighted by atomic mass is 10.3. The molecule has 0 unspecified atom stereocenters. The molecule has 0 fully saturated rings. The first-order valence-corrected chi connectivity index (χ1v) is 8.44. The Kier molecular flexibility index (Phi) is 4.44. The van der Waals surface area contributed by atoms with E-state index < -0.39 is 9.84 Å². The van der Waals surface area contributed by atoms with Crippen molar-refractivity contribution in [2.24, 2.45) is 0 Å². The molecule has 0 saturated heterocycles. The Morgan fingerprint density at radius 2 is 2.10 bits per heavy atom. The summed E-state index contributed by atoms with van der Waals surface area (Å²) in [5.41, 5.74) is 2.00. The molecule has 108 valence electrons. The molecule has 1 N–H and O–H groups in total. The third kappa shape index (κ3) is 3.60. The number of hydrogen-bond acceptors (Lipinski definition) is 4. The van der Waals surface area contributed by atoms with Crippen LogP contribution in [0.15, 0.2) is 41.7 Å². The lowest BCUT2D eigenvalue weighted by Gasteiger charge is -2.10. The molecule has 6 heteroatoms. The van der Waals surface area contributed by atoms with Crippen LogP contribution in [0.3, 0.4) is 0 Å². The molecule has 2 aromatic heterocycles. The van der Waals surface area contributed by atoms with Gasteiger partial charge in [0.25, 0.3) is 0 Å². The molecule has 0 saturated carbocycles. The van der Waals surface area contributed by atoms with Crippen molar-refractivity contribution in [2.75, 3.05) is 11.6 Å². The first-order valence-electron chi connectivity index (χ1n) is 6.54. The molecule has 2 rings (SSSR count). The first-order chi connectivity index (χ1) is 9.50. The van der Waals surface area contributed by atoms with Crippen molar-refractivity contribution >= 4 is 15.5 Å². The summed E-state index contributed by atoms with van der Waals surface area (Å²) in [6.07, 6.45) is 5.85. The van der Waals surface area contributed by atoms with E-state index >= 15 is 0 Å². The molecular weight excluding hydrogens is 274 g/mol. The van der Waals surface area contributed by atoms with Crippen LogP contribution in [-0.2, 0) is 22.9 Å². The summed E-state index contributed by atoms with van der Waals surface area (Å²) in [6, 6.07) is 7.35. The summed E-state index contributed by atoms with van der Waals surface area (Å²) >= 11 is 0. The molecule has 20 heavy (non-hydrogen) atoms. The minimum absolute atomic E-state index is 0.0948. The number of anilines is 1. The molecular formula is C14H19N3O2S. The van der Waals surface area contributed by atoms with E-state index in [9.17, 15) is 8.42 Å². The molecule has 0 aliphatic carbocycles.